The lowest BCUT2D eigenvalue weighted by Crippen LogP contribution is -1.97. The molecule has 1 aromatic heterocycles. The van der Waals surface area contributed by atoms with E-state index in [1.807, 2.05) is 25.7 Å². The molecule has 2 aromatic rings. The molecule has 2 rings (SSSR count). The van der Waals surface area contributed by atoms with Crippen molar-refractivity contribution >= 4 is 17.6 Å². The third-order valence-electron chi connectivity index (χ3n) is 2.72. The van der Waals surface area contributed by atoms with Crippen LogP contribution in [0.2, 0.25) is 0 Å². The zero-order valence-electron chi connectivity index (χ0n) is 10.4. The minimum absolute atomic E-state index is 0.721. The van der Waals surface area contributed by atoms with Gasteiger partial charge in [-0.2, -0.15) is 5.10 Å². The zero-order valence-corrected chi connectivity index (χ0v) is 11.2. The van der Waals surface area contributed by atoms with Gasteiger partial charge in [0.2, 0.25) is 0 Å². The fraction of sp³-hybridized carbons (Fsp3) is 0.308. The monoisotopic (exact) mass is 247 g/mol. The van der Waals surface area contributed by atoms with Crippen LogP contribution in [0, 0.1) is 6.92 Å². The SMILES string of the molecule is CCSc1ccc(-c2c(C)nn(C)c2N)cc1. The van der Waals surface area contributed by atoms with Gasteiger partial charge in [0.1, 0.15) is 5.82 Å². The van der Waals surface area contributed by atoms with Crippen molar-refractivity contribution in [2.24, 2.45) is 7.05 Å². The second-order valence-electron chi connectivity index (χ2n) is 3.93. The van der Waals surface area contributed by atoms with Gasteiger partial charge in [-0.25, -0.2) is 0 Å². The predicted molar refractivity (Wildman–Crippen MR) is 74.2 cm³/mol. The number of hydrogen-bond donors (Lipinski definition) is 1. The van der Waals surface area contributed by atoms with Gasteiger partial charge in [0, 0.05) is 17.5 Å². The summed E-state index contributed by atoms with van der Waals surface area (Å²) in [6.45, 7) is 4.14. The molecule has 1 aromatic carbocycles. The van der Waals surface area contributed by atoms with Crippen molar-refractivity contribution in [3.8, 4) is 11.1 Å². The van der Waals surface area contributed by atoms with Crippen LogP contribution in [0.5, 0.6) is 0 Å². The van der Waals surface area contributed by atoms with Crippen LogP contribution in [0.15, 0.2) is 29.2 Å². The Morgan fingerprint density at radius 1 is 1.29 bits per heavy atom. The molecule has 17 heavy (non-hydrogen) atoms. The van der Waals surface area contributed by atoms with Crippen LogP contribution in [0.1, 0.15) is 12.6 Å². The largest absolute Gasteiger partial charge is 0.383 e. The molecular weight excluding hydrogens is 230 g/mol. The molecule has 0 atom stereocenters. The van der Waals surface area contributed by atoms with E-state index in [0.29, 0.717) is 0 Å². The highest BCUT2D eigenvalue weighted by Crippen LogP contribution is 2.30. The van der Waals surface area contributed by atoms with Crippen molar-refractivity contribution in [1.29, 1.82) is 0 Å². The zero-order chi connectivity index (χ0) is 12.4. The Kier molecular flexibility index (Phi) is 3.43. The molecule has 0 saturated carbocycles. The summed E-state index contributed by atoms with van der Waals surface area (Å²) in [5.41, 5.74) is 9.18. The minimum Gasteiger partial charge on any atom is -0.383 e. The van der Waals surface area contributed by atoms with E-state index in [1.54, 1.807) is 4.68 Å². The Balaban J connectivity index is 2.39. The molecule has 0 saturated heterocycles. The summed E-state index contributed by atoms with van der Waals surface area (Å²) in [5, 5.41) is 4.33. The highest BCUT2D eigenvalue weighted by Gasteiger charge is 2.11. The smallest absolute Gasteiger partial charge is 0.129 e. The lowest BCUT2D eigenvalue weighted by atomic mass is 10.1. The van der Waals surface area contributed by atoms with Gasteiger partial charge in [0.05, 0.1) is 5.69 Å². The fourth-order valence-electron chi connectivity index (χ4n) is 1.92. The first-order valence-corrected chi connectivity index (χ1v) is 6.64. The summed E-state index contributed by atoms with van der Waals surface area (Å²) < 4.78 is 1.72. The number of anilines is 1. The van der Waals surface area contributed by atoms with Gasteiger partial charge >= 0.3 is 0 Å². The first-order valence-electron chi connectivity index (χ1n) is 5.65. The van der Waals surface area contributed by atoms with Gasteiger partial charge in [-0.05, 0) is 30.4 Å². The molecule has 1 heterocycles. The molecule has 0 radical (unpaired) electrons. The Bertz CT molecular complexity index is 514. The Morgan fingerprint density at radius 2 is 1.94 bits per heavy atom. The summed E-state index contributed by atoms with van der Waals surface area (Å²) in [6, 6.07) is 8.49. The molecule has 0 aliphatic carbocycles. The summed E-state index contributed by atoms with van der Waals surface area (Å²) in [6.07, 6.45) is 0. The highest BCUT2D eigenvalue weighted by molar-refractivity contribution is 7.99. The number of aryl methyl sites for hydroxylation is 2. The van der Waals surface area contributed by atoms with E-state index in [2.05, 4.69) is 36.3 Å². The second kappa shape index (κ2) is 4.84. The van der Waals surface area contributed by atoms with Gasteiger partial charge in [0.15, 0.2) is 0 Å². The van der Waals surface area contributed by atoms with Crippen molar-refractivity contribution in [2.45, 2.75) is 18.7 Å². The van der Waals surface area contributed by atoms with Crippen LogP contribution < -0.4 is 5.73 Å². The third-order valence-corrected chi connectivity index (χ3v) is 3.61. The van der Waals surface area contributed by atoms with E-state index in [0.717, 1.165) is 28.4 Å². The first-order chi connectivity index (χ1) is 8.13. The first kappa shape index (κ1) is 12.0. The average molecular weight is 247 g/mol. The van der Waals surface area contributed by atoms with Crippen molar-refractivity contribution in [3.63, 3.8) is 0 Å². The Morgan fingerprint density at radius 3 is 2.41 bits per heavy atom. The standard InChI is InChI=1S/C13H17N3S/c1-4-17-11-7-5-10(6-8-11)12-9(2)15-16(3)13(12)14/h5-8H,4,14H2,1-3H3. The summed E-state index contributed by atoms with van der Waals surface area (Å²) >= 11 is 1.84. The lowest BCUT2D eigenvalue weighted by molar-refractivity contribution is 0.767. The summed E-state index contributed by atoms with van der Waals surface area (Å²) in [5.74, 6) is 1.81. The van der Waals surface area contributed by atoms with Crippen LogP contribution >= 0.6 is 11.8 Å². The maximum atomic E-state index is 6.03. The van der Waals surface area contributed by atoms with Gasteiger partial charge in [0.25, 0.3) is 0 Å². The van der Waals surface area contributed by atoms with Crippen LogP contribution in [0.25, 0.3) is 11.1 Å². The van der Waals surface area contributed by atoms with E-state index in [-0.39, 0.29) is 0 Å². The predicted octanol–water partition coefficient (Wildman–Crippen LogP) is 3.09. The molecule has 0 aliphatic rings. The quantitative estimate of drug-likeness (QED) is 0.848. The summed E-state index contributed by atoms with van der Waals surface area (Å²) in [7, 11) is 1.87. The second-order valence-corrected chi connectivity index (χ2v) is 5.26. The maximum absolute atomic E-state index is 6.03. The molecule has 0 fully saturated rings. The van der Waals surface area contributed by atoms with Crippen LogP contribution in [0.4, 0.5) is 5.82 Å². The van der Waals surface area contributed by atoms with Crippen molar-refractivity contribution in [3.05, 3.63) is 30.0 Å². The van der Waals surface area contributed by atoms with Crippen LogP contribution in [0.3, 0.4) is 0 Å². The number of rotatable bonds is 3. The molecule has 0 amide bonds. The van der Waals surface area contributed by atoms with Gasteiger partial charge in [-0.3, -0.25) is 4.68 Å². The van der Waals surface area contributed by atoms with Gasteiger partial charge < -0.3 is 5.73 Å². The molecule has 2 N–H and O–H groups in total. The highest BCUT2D eigenvalue weighted by atomic mass is 32.2. The molecule has 0 bridgehead atoms. The minimum atomic E-state index is 0.721. The van der Waals surface area contributed by atoms with Crippen molar-refractivity contribution in [1.82, 2.24) is 9.78 Å². The number of hydrogen-bond acceptors (Lipinski definition) is 3. The fourth-order valence-corrected chi connectivity index (χ4v) is 2.58. The van der Waals surface area contributed by atoms with E-state index in [4.69, 9.17) is 5.73 Å². The number of thioether (sulfide) groups is 1. The van der Waals surface area contributed by atoms with Gasteiger partial charge in [-0.1, -0.05) is 19.1 Å². The van der Waals surface area contributed by atoms with Crippen molar-refractivity contribution < 1.29 is 0 Å². The molecule has 4 heteroatoms. The lowest BCUT2D eigenvalue weighted by Gasteiger charge is -2.04. The summed E-state index contributed by atoms with van der Waals surface area (Å²) in [4.78, 5) is 1.29. The topological polar surface area (TPSA) is 43.8 Å². The van der Waals surface area contributed by atoms with E-state index in [9.17, 15) is 0 Å². The molecule has 0 unspecified atom stereocenters. The van der Waals surface area contributed by atoms with Crippen LogP contribution in [-0.4, -0.2) is 15.5 Å². The number of aromatic nitrogens is 2. The molecule has 3 nitrogen and oxygen atoms in total. The Hall–Kier alpha value is -1.42. The van der Waals surface area contributed by atoms with E-state index < -0.39 is 0 Å². The number of nitrogen functional groups attached to an aromatic ring is 1. The number of nitrogens with zero attached hydrogens (tertiary/aromatic N) is 2. The van der Waals surface area contributed by atoms with Crippen LogP contribution in [-0.2, 0) is 7.05 Å². The molecule has 90 valence electrons. The van der Waals surface area contributed by atoms with E-state index in [1.165, 1.54) is 4.90 Å². The average Bonchev–Trinajstić information content (AvgIpc) is 2.55. The van der Waals surface area contributed by atoms with E-state index >= 15 is 0 Å². The molecule has 0 aliphatic heterocycles. The molecule has 0 spiro atoms. The van der Waals surface area contributed by atoms with Crippen molar-refractivity contribution in [2.75, 3.05) is 11.5 Å². The third kappa shape index (κ3) is 2.31. The molecular formula is C13H17N3S. The van der Waals surface area contributed by atoms with Gasteiger partial charge in [-0.15, -0.1) is 11.8 Å². The number of benzene rings is 1. The number of nitrogens with two attached hydrogens (primary N) is 1. The Labute approximate surface area is 106 Å². The maximum Gasteiger partial charge on any atom is 0.129 e. The normalized spacial score (nSPS) is 10.8.